The molecular weight excluding hydrogens is 254 g/mol. The summed E-state index contributed by atoms with van der Waals surface area (Å²) < 4.78 is 1.30. The smallest absolute Gasteiger partial charge is 0.186 e. The molecule has 0 atom stereocenters. The van der Waals surface area contributed by atoms with Gasteiger partial charge in [-0.2, -0.15) is 0 Å². The molecule has 1 aromatic carbocycles. The maximum absolute atomic E-state index is 4.76. The van der Waals surface area contributed by atoms with Gasteiger partial charge in [0.05, 0.1) is 10.2 Å². The first kappa shape index (κ1) is 12.9. The lowest BCUT2D eigenvalue weighted by Crippen LogP contribution is -2.37. The quantitative estimate of drug-likeness (QED) is 0.858. The lowest BCUT2D eigenvalue weighted by Gasteiger charge is -2.32. The van der Waals surface area contributed by atoms with Crippen LogP contribution >= 0.6 is 11.3 Å². The second-order valence-corrected chi connectivity index (χ2v) is 6.67. The Labute approximate surface area is 118 Å². The van der Waals surface area contributed by atoms with E-state index in [4.69, 9.17) is 4.98 Å². The molecule has 0 aliphatic carbocycles. The van der Waals surface area contributed by atoms with Crippen molar-refractivity contribution in [1.29, 1.82) is 0 Å². The summed E-state index contributed by atoms with van der Waals surface area (Å²) >= 11 is 1.82. The minimum absolute atomic E-state index is 0.848. The first-order chi connectivity index (χ1) is 9.22. The number of anilines is 1. The van der Waals surface area contributed by atoms with E-state index in [0.717, 1.165) is 24.5 Å². The summed E-state index contributed by atoms with van der Waals surface area (Å²) in [6.07, 6.45) is 2.57. The van der Waals surface area contributed by atoms with Crippen LogP contribution in [0.25, 0.3) is 10.2 Å². The zero-order valence-corrected chi connectivity index (χ0v) is 12.5. The number of hydrogen-bond donors (Lipinski definition) is 0. The Morgan fingerprint density at radius 1 is 1.26 bits per heavy atom. The Morgan fingerprint density at radius 3 is 2.68 bits per heavy atom. The summed E-state index contributed by atoms with van der Waals surface area (Å²) in [5, 5.41) is 1.20. The van der Waals surface area contributed by atoms with Gasteiger partial charge in [0.1, 0.15) is 0 Å². The summed E-state index contributed by atoms with van der Waals surface area (Å²) in [6, 6.07) is 8.42. The number of hydrogen-bond acceptors (Lipinski definition) is 4. The van der Waals surface area contributed by atoms with Crippen LogP contribution in [0, 0.1) is 5.92 Å². The fourth-order valence-corrected chi connectivity index (χ4v) is 3.84. The first-order valence-electron chi connectivity index (χ1n) is 6.97. The standard InChI is InChI=1S/C15H21N3S/c1-17(2)11-12-7-9-18(10-8-12)15-16-13-5-3-4-6-14(13)19-15/h3-6,12H,7-11H2,1-2H3. The van der Waals surface area contributed by atoms with Gasteiger partial charge in [-0.1, -0.05) is 23.5 Å². The van der Waals surface area contributed by atoms with Crippen molar-refractivity contribution in [3.8, 4) is 0 Å². The third kappa shape index (κ3) is 2.90. The van der Waals surface area contributed by atoms with Gasteiger partial charge in [0, 0.05) is 19.6 Å². The van der Waals surface area contributed by atoms with E-state index in [1.807, 2.05) is 11.3 Å². The van der Waals surface area contributed by atoms with Crippen LogP contribution in [0.2, 0.25) is 0 Å². The Balaban J connectivity index is 1.68. The van der Waals surface area contributed by atoms with Gasteiger partial charge in [0.25, 0.3) is 0 Å². The highest BCUT2D eigenvalue weighted by Gasteiger charge is 2.21. The number of rotatable bonds is 3. The molecule has 0 spiro atoms. The van der Waals surface area contributed by atoms with Gasteiger partial charge in [-0.05, 0) is 45.0 Å². The molecule has 102 valence electrons. The van der Waals surface area contributed by atoms with E-state index < -0.39 is 0 Å². The van der Waals surface area contributed by atoms with E-state index >= 15 is 0 Å². The minimum Gasteiger partial charge on any atom is -0.348 e. The molecular formula is C15H21N3S. The minimum atomic E-state index is 0.848. The number of para-hydroxylation sites is 1. The van der Waals surface area contributed by atoms with Gasteiger partial charge >= 0.3 is 0 Å². The third-order valence-electron chi connectivity index (χ3n) is 3.79. The van der Waals surface area contributed by atoms with E-state index in [9.17, 15) is 0 Å². The third-order valence-corrected chi connectivity index (χ3v) is 4.89. The van der Waals surface area contributed by atoms with Gasteiger partial charge in [-0.3, -0.25) is 0 Å². The summed E-state index contributed by atoms with van der Waals surface area (Å²) in [7, 11) is 4.33. The molecule has 0 amide bonds. The molecule has 19 heavy (non-hydrogen) atoms. The van der Waals surface area contributed by atoms with Crippen LogP contribution in [0.4, 0.5) is 5.13 Å². The summed E-state index contributed by atoms with van der Waals surface area (Å²) in [4.78, 5) is 9.52. The zero-order valence-electron chi connectivity index (χ0n) is 11.7. The second-order valence-electron chi connectivity index (χ2n) is 5.66. The van der Waals surface area contributed by atoms with Crippen LogP contribution in [0.15, 0.2) is 24.3 Å². The lowest BCUT2D eigenvalue weighted by molar-refractivity contribution is 0.285. The molecule has 0 N–H and O–H groups in total. The number of thiazole rings is 1. The predicted octanol–water partition coefficient (Wildman–Crippen LogP) is 3.07. The van der Waals surface area contributed by atoms with Crippen molar-refractivity contribution >= 4 is 26.7 Å². The van der Waals surface area contributed by atoms with Gasteiger partial charge < -0.3 is 9.80 Å². The molecule has 3 nitrogen and oxygen atoms in total. The fourth-order valence-electron chi connectivity index (χ4n) is 2.82. The highest BCUT2D eigenvalue weighted by molar-refractivity contribution is 7.22. The van der Waals surface area contributed by atoms with E-state index in [0.29, 0.717) is 0 Å². The molecule has 1 fully saturated rings. The highest BCUT2D eigenvalue weighted by Crippen LogP contribution is 2.31. The Bertz CT molecular complexity index is 508. The Kier molecular flexibility index (Phi) is 3.71. The maximum Gasteiger partial charge on any atom is 0.186 e. The lowest BCUT2D eigenvalue weighted by atomic mass is 9.97. The SMILES string of the molecule is CN(C)CC1CCN(c2nc3ccccc3s2)CC1. The summed E-state index contributed by atoms with van der Waals surface area (Å²) in [6.45, 7) is 3.52. The van der Waals surface area contributed by atoms with E-state index in [-0.39, 0.29) is 0 Å². The topological polar surface area (TPSA) is 19.4 Å². The Morgan fingerprint density at radius 2 is 2.00 bits per heavy atom. The number of benzene rings is 1. The summed E-state index contributed by atoms with van der Waals surface area (Å²) in [5.41, 5.74) is 1.14. The van der Waals surface area contributed by atoms with Crippen molar-refractivity contribution in [2.24, 2.45) is 5.92 Å². The van der Waals surface area contributed by atoms with Crippen LogP contribution in [0.5, 0.6) is 0 Å². The van der Waals surface area contributed by atoms with Crippen LogP contribution in [0.1, 0.15) is 12.8 Å². The molecule has 1 aliphatic heterocycles. The van der Waals surface area contributed by atoms with E-state index in [1.54, 1.807) is 0 Å². The molecule has 0 bridgehead atoms. The molecule has 0 unspecified atom stereocenters. The van der Waals surface area contributed by atoms with Crippen LogP contribution in [-0.2, 0) is 0 Å². The van der Waals surface area contributed by atoms with Crippen molar-refractivity contribution in [3.05, 3.63) is 24.3 Å². The average molecular weight is 275 g/mol. The highest BCUT2D eigenvalue weighted by atomic mass is 32.1. The van der Waals surface area contributed by atoms with Crippen molar-refractivity contribution in [2.45, 2.75) is 12.8 Å². The van der Waals surface area contributed by atoms with Crippen molar-refractivity contribution in [2.75, 3.05) is 38.6 Å². The molecule has 0 saturated carbocycles. The molecule has 3 rings (SSSR count). The van der Waals surface area contributed by atoms with Gasteiger partial charge in [0.2, 0.25) is 0 Å². The normalized spacial score (nSPS) is 17.5. The predicted molar refractivity (Wildman–Crippen MR) is 83.1 cm³/mol. The number of aromatic nitrogens is 1. The molecule has 0 radical (unpaired) electrons. The van der Waals surface area contributed by atoms with Crippen LogP contribution < -0.4 is 4.90 Å². The van der Waals surface area contributed by atoms with E-state index in [2.05, 4.69) is 48.2 Å². The first-order valence-corrected chi connectivity index (χ1v) is 7.79. The molecule has 1 aromatic heterocycles. The number of fused-ring (bicyclic) bond motifs is 1. The molecule has 2 heterocycles. The van der Waals surface area contributed by atoms with E-state index in [1.165, 1.54) is 29.2 Å². The van der Waals surface area contributed by atoms with Gasteiger partial charge in [-0.25, -0.2) is 4.98 Å². The van der Waals surface area contributed by atoms with Gasteiger partial charge in [-0.15, -0.1) is 0 Å². The number of nitrogens with zero attached hydrogens (tertiary/aromatic N) is 3. The molecule has 1 saturated heterocycles. The molecule has 1 aliphatic rings. The second kappa shape index (κ2) is 5.47. The van der Waals surface area contributed by atoms with Crippen molar-refractivity contribution in [1.82, 2.24) is 9.88 Å². The Hall–Kier alpha value is -1.13. The zero-order chi connectivity index (χ0) is 13.2. The maximum atomic E-state index is 4.76. The van der Waals surface area contributed by atoms with Crippen molar-refractivity contribution in [3.63, 3.8) is 0 Å². The summed E-state index contributed by atoms with van der Waals surface area (Å²) in [5.74, 6) is 0.848. The largest absolute Gasteiger partial charge is 0.348 e. The monoisotopic (exact) mass is 275 g/mol. The molecule has 4 heteroatoms. The van der Waals surface area contributed by atoms with Crippen LogP contribution in [0.3, 0.4) is 0 Å². The van der Waals surface area contributed by atoms with Crippen LogP contribution in [-0.4, -0.2) is 43.6 Å². The average Bonchev–Trinajstić information content (AvgIpc) is 2.82. The fraction of sp³-hybridized carbons (Fsp3) is 0.533. The van der Waals surface area contributed by atoms with Crippen molar-refractivity contribution < 1.29 is 0 Å². The molecule has 2 aromatic rings. The number of piperidine rings is 1. The van der Waals surface area contributed by atoms with Gasteiger partial charge in [0.15, 0.2) is 5.13 Å².